The van der Waals surface area contributed by atoms with Crippen LogP contribution in [0.3, 0.4) is 0 Å². The zero-order valence-corrected chi connectivity index (χ0v) is 15.7. The maximum atomic E-state index is 12.4. The molecular formula is C19H23N5O3. The summed E-state index contributed by atoms with van der Waals surface area (Å²) in [6.45, 7) is 6.13. The Hall–Kier alpha value is -3.03. The van der Waals surface area contributed by atoms with Gasteiger partial charge in [0.15, 0.2) is 0 Å². The number of likely N-dealkylation sites (tertiary alicyclic amines) is 1. The summed E-state index contributed by atoms with van der Waals surface area (Å²) in [6.07, 6.45) is 5.85. The number of rotatable bonds is 3. The molecular weight excluding hydrogens is 346 g/mol. The lowest BCUT2D eigenvalue weighted by molar-refractivity contribution is 0.0221. The predicted molar refractivity (Wildman–Crippen MR) is 99.1 cm³/mol. The number of nitrogens with zero attached hydrogens (tertiary/aromatic N) is 4. The van der Waals surface area contributed by atoms with Gasteiger partial charge in [0.05, 0.1) is 24.1 Å². The molecule has 2 amide bonds. The molecule has 3 heterocycles. The van der Waals surface area contributed by atoms with Gasteiger partial charge in [-0.3, -0.25) is 14.7 Å². The van der Waals surface area contributed by atoms with Crippen LogP contribution in [0.1, 0.15) is 55.8 Å². The van der Waals surface area contributed by atoms with Crippen molar-refractivity contribution in [1.82, 2.24) is 19.9 Å². The number of pyridine rings is 1. The minimum absolute atomic E-state index is 0.186. The van der Waals surface area contributed by atoms with Crippen LogP contribution in [0.5, 0.6) is 0 Å². The van der Waals surface area contributed by atoms with E-state index in [0.29, 0.717) is 18.1 Å². The highest BCUT2D eigenvalue weighted by atomic mass is 16.6. The lowest BCUT2D eigenvalue weighted by Gasteiger charge is -2.28. The number of hydrogen-bond donors (Lipinski definition) is 1. The minimum atomic E-state index is -0.552. The van der Waals surface area contributed by atoms with E-state index in [0.717, 1.165) is 12.8 Å². The van der Waals surface area contributed by atoms with Crippen LogP contribution >= 0.6 is 0 Å². The maximum absolute atomic E-state index is 12.4. The summed E-state index contributed by atoms with van der Waals surface area (Å²) in [6, 6.07) is 5.04. The largest absolute Gasteiger partial charge is 0.444 e. The standard InChI is InChI=1S/C19H23N5O3/c1-19(2,3)27-18(26)24-10-6-7-15(24)13-11-22-14(12-21-13)17(25)23-16-8-4-5-9-20-16/h4-5,8-9,11-12,15H,6-7,10H2,1-3H3,(H,20,23,25). The first-order valence-electron chi connectivity index (χ1n) is 8.87. The zero-order chi connectivity index (χ0) is 19.4. The third-order valence-electron chi connectivity index (χ3n) is 4.03. The second-order valence-electron chi connectivity index (χ2n) is 7.33. The SMILES string of the molecule is CC(C)(C)OC(=O)N1CCCC1c1cnc(C(=O)Nc2ccccn2)cn1. The summed E-state index contributed by atoms with van der Waals surface area (Å²) in [5.74, 6) is 0.0587. The first-order chi connectivity index (χ1) is 12.8. The van der Waals surface area contributed by atoms with Gasteiger partial charge >= 0.3 is 6.09 Å². The number of amides is 2. The predicted octanol–water partition coefficient (Wildman–Crippen LogP) is 3.20. The molecule has 2 aromatic heterocycles. The summed E-state index contributed by atoms with van der Waals surface area (Å²) in [5.41, 5.74) is 0.280. The summed E-state index contributed by atoms with van der Waals surface area (Å²) in [7, 11) is 0. The average molecular weight is 369 g/mol. The third-order valence-corrected chi connectivity index (χ3v) is 4.03. The highest BCUT2D eigenvalue weighted by molar-refractivity contribution is 6.02. The molecule has 3 rings (SSSR count). The monoisotopic (exact) mass is 369 g/mol. The van der Waals surface area contributed by atoms with E-state index < -0.39 is 5.60 Å². The Morgan fingerprint density at radius 3 is 2.63 bits per heavy atom. The van der Waals surface area contributed by atoms with Gasteiger partial charge in [-0.25, -0.2) is 14.8 Å². The first-order valence-corrected chi connectivity index (χ1v) is 8.87. The van der Waals surface area contributed by atoms with Gasteiger partial charge in [0.25, 0.3) is 5.91 Å². The third kappa shape index (κ3) is 4.78. The lowest BCUT2D eigenvalue weighted by Crippen LogP contribution is -2.36. The average Bonchev–Trinajstić information content (AvgIpc) is 3.11. The molecule has 1 unspecified atom stereocenters. The van der Waals surface area contributed by atoms with E-state index in [-0.39, 0.29) is 23.7 Å². The lowest BCUT2D eigenvalue weighted by atomic mass is 10.1. The first kappa shape index (κ1) is 18.8. The molecule has 1 fully saturated rings. The van der Waals surface area contributed by atoms with Crippen LogP contribution in [0.15, 0.2) is 36.8 Å². The Balaban J connectivity index is 1.69. The van der Waals surface area contributed by atoms with Crippen LogP contribution in [0, 0.1) is 0 Å². The van der Waals surface area contributed by atoms with Crippen LogP contribution < -0.4 is 5.32 Å². The van der Waals surface area contributed by atoms with Gasteiger partial charge in [0.2, 0.25) is 0 Å². The minimum Gasteiger partial charge on any atom is -0.444 e. The topological polar surface area (TPSA) is 97.3 Å². The molecule has 0 aromatic carbocycles. The van der Waals surface area contributed by atoms with Gasteiger partial charge in [-0.15, -0.1) is 0 Å². The van der Waals surface area contributed by atoms with Crippen LogP contribution in [0.2, 0.25) is 0 Å². The molecule has 8 heteroatoms. The molecule has 0 aliphatic carbocycles. The van der Waals surface area contributed by atoms with Gasteiger partial charge in [-0.1, -0.05) is 6.07 Å². The molecule has 27 heavy (non-hydrogen) atoms. The summed E-state index contributed by atoms with van der Waals surface area (Å²) >= 11 is 0. The molecule has 142 valence electrons. The number of hydrogen-bond acceptors (Lipinski definition) is 6. The molecule has 0 bridgehead atoms. The maximum Gasteiger partial charge on any atom is 0.410 e. The Labute approximate surface area is 158 Å². The fraction of sp³-hybridized carbons (Fsp3) is 0.421. The quantitative estimate of drug-likeness (QED) is 0.892. The second kappa shape index (κ2) is 7.69. The van der Waals surface area contributed by atoms with Crippen molar-refractivity contribution in [3.8, 4) is 0 Å². The molecule has 1 saturated heterocycles. The Morgan fingerprint density at radius 2 is 2.00 bits per heavy atom. The number of ether oxygens (including phenoxy) is 1. The normalized spacial score (nSPS) is 16.9. The summed E-state index contributed by atoms with van der Waals surface area (Å²) < 4.78 is 5.47. The Bertz CT molecular complexity index is 802. The molecule has 1 atom stereocenters. The highest BCUT2D eigenvalue weighted by Crippen LogP contribution is 2.31. The molecule has 0 saturated carbocycles. The Morgan fingerprint density at radius 1 is 1.19 bits per heavy atom. The molecule has 1 aliphatic heterocycles. The van der Waals surface area contributed by atoms with E-state index >= 15 is 0 Å². The van der Waals surface area contributed by atoms with Crippen molar-refractivity contribution in [1.29, 1.82) is 0 Å². The van der Waals surface area contributed by atoms with E-state index in [1.54, 1.807) is 35.5 Å². The smallest absolute Gasteiger partial charge is 0.410 e. The number of anilines is 1. The number of nitrogens with one attached hydrogen (secondary N) is 1. The molecule has 0 spiro atoms. The fourth-order valence-corrected chi connectivity index (χ4v) is 2.86. The van der Waals surface area contributed by atoms with Crippen LogP contribution in [-0.4, -0.2) is 44.0 Å². The van der Waals surface area contributed by atoms with Crippen molar-refractivity contribution in [2.75, 3.05) is 11.9 Å². The van der Waals surface area contributed by atoms with Crippen LogP contribution in [0.4, 0.5) is 10.6 Å². The van der Waals surface area contributed by atoms with Gasteiger partial charge in [0.1, 0.15) is 17.1 Å². The molecule has 0 radical (unpaired) electrons. The number of aromatic nitrogens is 3. The van der Waals surface area contributed by atoms with E-state index in [1.165, 1.54) is 6.20 Å². The van der Waals surface area contributed by atoms with E-state index in [4.69, 9.17) is 4.74 Å². The highest BCUT2D eigenvalue weighted by Gasteiger charge is 2.34. The van der Waals surface area contributed by atoms with Crippen molar-refractivity contribution in [2.45, 2.75) is 45.3 Å². The van der Waals surface area contributed by atoms with Crippen molar-refractivity contribution >= 4 is 17.8 Å². The number of carbonyl (C=O) groups excluding carboxylic acids is 2. The van der Waals surface area contributed by atoms with Crippen molar-refractivity contribution in [3.05, 3.63) is 48.2 Å². The van der Waals surface area contributed by atoms with Gasteiger partial charge in [0, 0.05) is 12.7 Å². The summed E-state index contributed by atoms with van der Waals surface area (Å²) in [4.78, 5) is 38.9. The zero-order valence-electron chi connectivity index (χ0n) is 15.7. The van der Waals surface area contributed by atoms with Crippen molar-refractivity contribution in [2.24, 2.45) is 0 Å². The van der Waals surface area contributed by atoms with E-state index in [9.17, 15) is 9.59 Å². The van der Waals surface area contributed by atoms with Crippen molar-refractivity contribution in [3.63, 3.8) is 0 Å². The van der Waals surface area contributed by atoms with Gasteiger partial charge in [-0.2, -0.15) is 0 Å². The van der Waals surface area contributed by atoms with E-state index in [1.807, 2.05) is 20.8 Å². The molecule has 1 N–H and O–H groups in total. The van der Waals surface area contributed by atoms with Crippen LogP contribution in [-0.2, 0) is 4.74 Å². The van der Waals surface area contributed by atoms with Gasteiger partial charge in [-0.05, 0) is 45.7 Å². The van der Waals surface area contributed by atoms with Crippen molar-refractivity contribution < 1.29 is 14.3 Å². The summed E-state index contributed by atoms with van der Waals surface area (Å²) in [5, 5.41) is 2.66. The molecule has 8 nitrogen and oxygen atoms in total. The Kier molecular flexibility index (Phi) is 5.34. The van der Waals surface area contributed by atoms with Crippen LogP contribution in [0.25, 0.3) is 0 Å². The second-order valence-corrected chi connectivity index (χ2v) is 7.33. The molecule has 2 aromatic rings. The van der Waals surface area contributed by atoms with Gasteiger partial charge < -0.3 is 10.1 Å². The fourth-order valence-electron chi connectivity index (χ4n) is 2.86. The number of carbonyl (C=O) groups is 2. The molecule has 1 aliphatic rings. The van der Waals surface area contributed by atoms with E-state index in [2.05, 4.69) is 20.3 Å².